The maximum absolute atomic E-state index is 9.04. The summed E-state index contributed by atoms with van der Waals surface area (Å²) in [6, 6.07) is 7.46. The number of aliphatic hydroxyl groups is 2. The van der Waals surface area contributed by atoms with Crippen molar-refractivity contribution in [3.05, 3.63) is 28.7 Å². The lowest BCUT2D eigenvalue weighted by atomic mass is 10.3. The average Bonchev–Trinajstić information content (AvgIpc) is 2.21. The van der Waals surface area contributed by atoms with Gasteiger partial charge < -0.3 is 14.9 Å². The molecule has 0 fully saturated rings. The minimum atomic E-state index is -0.689. The molecular weight excluding hydrogens is 248 g/mol. The van der Waals surface area contributed by atoms with Crippen LogP contribution in [0, 0.1) is 0 Å². The quantitative estimate of drug-likeness (QED) is 0.845. The molecular formula is C10H13BrO3. The highest BCUT2D eigenvalue weighted by atomic mass is 79.9. The van der Waals surface area contributed by atoms with Crippen molar-refractivity contribution in [1.29, 1.82) is 0 Å². The Labute approximate surface area is 91.5 Å². The molecule has 1 unspecified atom stereocenters. The minimum absolute atomic E-state index is 0.219. The normalized spacial score (nSPS) is 12.5. The molecule has 2 N–H and O–H groups in total. The molecule has 0 bridgehead atoms. The van der Waals surface area contributed by atoms with E-state index in [-0.39, 0.29) is 6.61 Å². The predicted octanol–water partition coefficient (Wildman–Crippen LogP) is 1.57. The van der Waals surface area contributed by atoms with Crippen LogP contribution in [0.5, 0.6) is 5.75 Å². The molecule has 4 heteroatoms. The fraction of sp³-hybridized carbons (Fsp3) is 0.400. The third-order valence-corrected chi connectivity index (χ3v) is 2.27. The summed E-state index contributed by atoms with van der Waals surface area (Å²) in [5.41, 5.74) is 0. The third-order valence-electron chi connectivity index (χ3n) is 1.74. The maximum atomic E-state index is 9.04. The Bertz CT molecular complexity index is 261. The van der Waals surface area contributed by atoms with Crippen LogP contribution in [0.1, 0.15) is 6.42 Å². The van der Waals surface area contributed by atoms with Crippen LogP contribution < -0.4 is 4.74 Å². The van der Waals surface area contributed by atoms with Crippen LogP contribution in [0.25, 0.3) is 0 Å². The summed E-state index contributed by atoms with van der Waals surface area (Å²) in [5, 5.41) is 17.6. The van der Waals surface area contributed by atoms with Crippen molar-refractivity contribution < 1.29 is 14.9 Å². The van der Waals surface area contributed by atoms with Gasteiger partial charge in [-0.15, -0.1) is 0 Å². The highest BCUT2D eigenvalue weighted by Crippen LogP contribution is 2.16. The Morgan fingerprint density at radius 1 is 1.29 bits per heavy atom. The van der Waals surface area contributed by atoms with Gasteiger partial charge >= 0.3 is 0 Å². The van der Waals surface area contributed by atoms with E-state index in [1.807, 2.05) is 24.3 Å². The molecule has 0 aliphatic rings. The summed E-state index contributed by atoms with van der Waals surface area (Å²) in [6.07, 6.45) is -0.252. The van der Waals surface area contributed by atoms with Gasteiger partial charge in [-0.3, -0.25) is 0 Å². The molecule has 1 rings (SSSR count). The molecule has 0 aromatic heterocycles. The van der Waals surface area contributed by atoms with Gasteiger partial charge in [-0.1, -0.05) is 15.9 Å². The molecule has 3 nitrogen and oxygen atoms in total. The van der Waals surface area contributed by atoms with E-state index in [9.17, 15) is 0 Å². The Balaban J connectivity index is 2.28. The summed E-state index contributed by atoms with van der Waals surface area (Å²) >= 11 is 3.32. The van der Waals surface area contributed by atoms with Gasteiger partial charge in [0.25, 0.3) is 0 Å². The zero-order chi connectivity index (χ0) is 10.4. The summed E-state index contributed by atoms with van der Waals surface area (Å²) < 4.78 is 6.34. The van der Waals surface area contributed by atoms with E-state index < -0.39 is 6.10 Å². The molecule has 0 saturated heterocycles. The number of benzene rings is 1. The van der Waals surface area contributed by atoms with Crippen molar-refractivity contribution in [2.45, 2.75) is 12.5 Å². The zero-order valence-corrected chi connectivity index (χ0v) is 9.27. The second-order valence-electron chi connectivity index (χ2n) is 2.93. The molecule has 1 aromatic rings. The van der Waals surface area contributed by atoms with Crippen LogP contribution in [0.3, 0.4) is 0 Å². The van der Waals surface area contributed by atoms with Gasteiger partial charge in [0, 0.05) is 10.9 Å². The van der Waals surface area contributed by atoms with E-state index in [0.29, 0.717) is 13.0 Å². The van der Waals surface area contributed by atoms with Gasteiger partial charge in [-0.05, 0) is 24.3 Å². The molecule has 78 valence electrons. The lowest BCUT2D eigenvalue weighted by molar-refractivity contribution is 0.0754. The molecule has 0 aliphatic heterocycles. The molecule has 0 saturated carbocycles. The van der Waals surface area contributed by atoms with Crippen LogP contribution in [0.4, 0.5) is 0 Å². The number of hydrogen-bond acceptors (Lipinski definition) is 3. The fourth-order valence-electron chi connectivity index (χ4n) is 0.935. The Kier molecular flexibility index (Phi) is 4.93. The minimum Gasteiger partial charge on any atom is -0.493 e. The van der Waals surface area contributed by atoms with Gasteiger partial charge in [0.1, 0.15) is 5.75 Å². The molecule has 0 heterocycles. The summed E-state index contributed by atoms with van der Waals surface area (Å²) in [5.74, 6) is 0.762. The number of hydrogen-bond donors (Lipinski definition) is 2. The monoisotopic (exact) mass is 260 g/mol. The predicted molar refractivity (Wildman–Crippen MR) is 57.3 cm³/mol. The third kappa shape index (κ3) is 4.09. The highest BCUT2D eigenvalue weighted by molar-refractivity contribution is 9.10. The SMILES string of the molecule is OCC(O)CCOc1ccc(Br)cc1. The molecule has 0 amide bonds. The van der Waals surface area contributed by atoms with Crippen molar-refractivity contribution in [3.8, 4) is 5.75 Å². The van der Waals surface area contributed by atoms with Crippen molar-refractivity contribution in [1.82, 2.24) is 0 Å². The van der Waals surface area contributed by atoms with Crippen LogP contribution >= 0.6 is 15.9 Å². The van der Waals surface area contributed by atoms with Gasteiger partial charge in [0.15, 0.2) is 0 Å². The Morgan fingerprint density at radius 2 is 1.93 bits per heavy atom. The molecule has 1 atom stereocenters. The highest BCUT2D eigenvalue weighted by Gasteiger charge is 2.01. The van der Waals surface area contributed by atoms with Crippen LogP contribution in [-0.2, 0) is 0 Å². The molecule has 1 aromatic carbocycles. The first-order valence-electron chi connectivity index (χ1n) is 4.39. The maximum Gasteiger partial charge on any atom is 0.119 e. The first kappa shape index (κ1) is 11.5. The van der Waals surface area contributed by atoms with Gasteiger partial charge in [0.2, 0.25) is 0 Å². The standard InChI is InChI=1S/C10H13BrO3/c11-8-1-3-10(4-2-8)14-6-5-9(13)7-12/h1-4,9,12-13H,5-7H2. The Hall–Kier alpha value is -0.580. The number of rotatable bonds is 5. The topological polar surface area (TPSA) is 49.7 Å². The van der Waals surface area contributed by atoms with Crippen molar-refractivity contribution in [2.75, 3.05) is 13.2 Å². The lowest BCUT2D eigenvalue weighted by Crippen LogP contribution is -2.15. The summed E-state index contributed by atoms with van der Waals surface area (Å²) in [4.78, 5) is 0. The van der Waals surface area contributed by atoms with E-state index >= 15 is 0 Å². The lowest BCUT2D eigenvalue weighted by Gasteiger charge is -2.08. The Morgan fingerprint density at radius 3 is 2.50 bits per heavy atom. The van der Waals surface area contributed by atoms with Crippen LogP contribution in [0.15, 0.2) is 28.7 Å². The average molecular weight is 261 g/mol. The first-order chi connectivity index (χ1) is 6.72. The van der Waals surface area contributed by atoms with Crippen LogP contribution in [-0.4, -0.2) is 29.5 Å². The van der Waals surface area contributed by atoms with E-state index in [0.717, 1.165) is 10.2 Å². The largest absolute Gasteiger partial charge is 0.493 e. The molecule has 14 heavy (non-hydrogen) atoms. The molecule has 0 radical (unpaired) electrons. The summed E-state index contributed by atoms with van der Waals surface area (Å²) in [6.45, 7) is 0.188. The summed E-state index contributed by atoms with van der Waals surface area (Å²) in [7, 11) is 0. The van der Waals surface area contributed by atoms with E-state index in [1.54, 1.807) is 0 Å². The van der Waals surface area contributed by atoms with Gasteiger partial charge in [-0.25, -0.2) is 0 Å². The van der Waals surface area contributed by atoms with E-state index in [2.05, 4.69) is 15.9 Å². The number of halogens is 1. The number of aliphatic hydroxyl groups excluding tert-OH is 2. The van der Waals surface area contributed by atoms with E-state index in [4.69, 9.17) is 14.9 Å². The molecule has 0 spiro atoms. The van der Waals surface area contributed by atoms with Crippen molar-refractivity contribution in [3.63, 3.8) is 0 Å². The van der Waals surface area contributed by atoms with Crippen molar-refractivity contribution in [2.24, 2.45) is 0 Å². The van der Waals surface area contributed by atoms with E-state index in [1.165, 1.54) is 0 Å². The van der Waals surface area contributed by atoms with Crippen molar-refractivity contribution >= 4 is 15.9 Å². The molecule has 0 aliphatic carbocycles. The van der Waals surface area contributed by atoms with Gasteiger partial charge in [-0.2, -0.15) is 0 Å². The zero-order valence-electron chi connectivity index (χ0n) is 7.69. The smallest absolute Gasteiger partial charge is 0.119 e. The van der Waals surface area contributed by atoms with Gasteiger partial charge in [0.05, 0.1) is 19.3 Å². The fourth-order valence-corrected chi connectivity index (χ4v) is 1.20. The second-order valence-corrected chi connectivity index (χ2v) is 3.84. The second kappa shape index (κ2) is 6.01. The first-order valence-corrected chi connectivity index (χ1v) is 5.19. The van der Waals surface area contributed by atoms with Crippen LogP contribution in [0.2, 0.25) is 0 Å². The number of ether oxygens (including phenoxy) is 1.